The van der Waals surface area contributed by atoms with Crippen LogP contribution in [0.4, 0.5) is 5.82 Å². The molecular formula is C13H18ClN3O2. The smallest absolute Gasteiger partial charge is 0.255 e. The van der Waals surface area contributed by atoms with Crippen LogP contribution >= 0.6 is 11.6 Å². The topological polar surface area (TPSA) is 68.5 Å². The molecule has 0 aliphatic carbocycles. The lowest BCUT2D eigenvalue weighted by Crippen LogP contribution is -2.51. The number of nitrogens with two attached hydrogens (primary N) is 1. The maximum absolute atomic E-state index is 12.5. The number of ether oxygens (including phenoxy) is 1. The molecule has 2 heterocycles. The molecule has 0 spiro atoms. The lowest BCUT2D eigenvalue weighted by atomic mass is 10.1. The van der Waals surface area contributed by atoms with Crippen LogP contribution < -0.4 is 5.73 Å². The highest BCUT2D eigenvalue weighted by atomic mass is 35.5. The Morgan fingerprint density at radius 2 is 2.42 bits per heavy atom. The van der Waals surface area contributed by atoms with E-state index in [1.807, 2.05) is 18.7 Å². The molecule has 19 heavy (non-hydrogen) atoms. The lowest BCUT2D eigenvalue weighted by molar-refractivity contribution is -0.0444. The Morgan fingerprint density at radius 3 is 3.05 bits per heavy atom. The summed E-state index contributed by atoms with van der Waals surface area (Å²) < 4.78 is 5.58. The van der Waals surface area contributed by atoms with E-state index in [1.54, 1.807) is 6.07 Å². The van der Waals surface area contributed by atoms with Gasteiger partial charge in [-0.3, -0.25) is 4.79 Å². The maximum atomic E-state index is 12.5. The molecule has 1 aromatic heterocycles. The Bertz CT molecular complexity index is 481. The van der Waals surface area contributed by atoms with E-state index in [0.717, 1.165) is 6.42 Å². The predicted octanol–water partition coefficient (Wildman–Crippen LogP) is 1.96. The molecule has 104 valence electrons. The molecule has 0 aromatic carbocycles. The minimum atomic E-state index is -0.0728. The van der Waals surface area contributed by atoms with Crippen molar-refractivity contribution in [1.82, 2.24) is 9.88 Å². The molecule has 0 saturated carbocycles. The van der Waals surface area contributed by atoms with Gasteiger partial charge in [-0.05, 0) is 19.4 Å². The van der Waals surface area contributed by atoms with Gasteiger partial charge in [0.25, 0.3) is 5.91 Å². The molecule has 2 unspecified atom stereocenters. The monoisotopic (exact) mass is 283 g/mol. The summed E-state index contributed by atoms with van der Waals surface area (Å²) in [4.78, 5) is 18.3. The molecule has 1 aliphatic heterocycles. The van der Waals surface area contributed by atoms with Crippen molar-refractivity contribution in [2.24, 2.45) is 0 Å². The summed E-state index contributed by atoms with van der Waals surface area (Å²) >= 11 is 5.91. The van der Waals surface area contributed by atoms with Crippen LogP contribution in [0.3, 0.4) is 0 Å². The Balaban J connectivity index is 2.23. The average Bonchev–Trinajstić information content (AvgIpc) is 2.41. The molecule has 0 radical (unpaired) electrons. The largest absolute Gasteiger partial charge is 0.382 e. The molecule has 6 heteroatoms. The highest BCUT2D eigenvalue weighted by Gasteiger charge is 2.30. The van der Waals surface area contributed by atoms with Crippen molar-refractivity contribution >= 4 is 23.3 Å². The SMILES string of the molecule is CCC1COC(C)CN1C(=O)c1cnc(N)c(Cl)c1. The number of nitrogen functional groups attached to an aromatic ring is 1. The van der Waals surface area contributed by atoms with Gasteiger partial charge in [0.05, 0.1) is 29.3 Å². The van der Waals surface area contributed by atoms with Crippen molar-refractivity contribution in [2.75, 3.05) is 18.9 Å². The number of carbonyl (C=O) groups is 1. The molecule has 2 N–H and O–H groups in total. The van der Waals surface area contributed by atoms with Crippen molar-refractivity contribution in [2.45, 2.75) is 32.4 Å². The van der Waals surface area contributed by atoms with Crippen molar-refractivity contribution in [3.63, 3.8) is 0 Å². The van der Waals surface area contributed by atoms with E-state index < -0.39 is 0 Å². The van der Waals surface area contributed by atoms with Crippen LogP contribution in [-0.4, -0.2) is 41.1 Å². The number of hydrogen-bond acceptors (Lipinski definition) is 4. The number of anilines is 1. The van der Waals surface area contributed by atoms with E-state index in [9.17, 15) is 4.79 Å². The summed E-state index contributed by atoms with van der Waals surface area (Å²) in [6.45, 7) is 5.15. The summed E-state index contributed by atoms with van der Waals surface area (Å²) in [5.74, 6) is 0.164. The van der Waals surface area contributed by atoms with Gasteiger partial charge < -0.3 is 15.4 Å². The predicted molar refractivity (Wildman–Crippen MR) is 74.2 cm³/mol. The second kappa shape index (κ2) is 5.75. The molecule has 2 atom stereocenters. The number of nitrogens with zero attached hydrogens (tertiary/aromatic N) is 2. The van der Waals surface area contributed by atoms with Gasteiger partial charge in [0.2, 0.25) is 0 Å². The van der Waals surface area contributed by atoms with E-state index >= 15 is 0 Å². The van der Waals surface area contributed by atoms with Crippen molar-refractivity contribution < 1.29 is 9.53 Å². The summed E-state index contributed by atoms with van der Waals surface area (Å²) in [5, 5.41) is 0.306. The third kappa shape index (κ3) is 2.98. The standard InChI is InChI=1S/C13H18ClN3O2/c1-3-10-7-19-8(2)6-17(10)13(18)9-4-11(14)12(15)16-5-9/h4-5,8,10H,3,6-7H2,1-2H3,(H2,15,16). The number of aromatic nitrogens is 1. The number of morpholine rings is 1. The summed E-state index contributed by atoms with van der Waals surface area (Å²) in [6, 6.07) is 1.67. The number of hydrogen-bond donors (Lipinski definition) is 1. The van der Waals surface area contributed by atoms with Gasteiger partial charge in [0.1, 0.15) is 5.82 Å². The van der Waals surface area contributed by atoms with Crippen molar-refractivity contribution in [1.29, 1.82) is 0 Å². The molecule has 1 saturated heterocycles. The van der Waals surface area contributed by atoms with Gasteiger partial charge in [-0.25, -0.2) is 4.98 Å². The first kappa shape index (κ1) is 14.1. The first-order chi connectivity index (χ1) is 9.02. The molecule has 5 nitrogen and oxygen atoms in total. The van der Waals surface area contributed by atoms with Gasteiger partial charge in [-0.1, -0.05) is 18.5 Å². The molecule has 1 aliphatic rings. The number of carbonyl (C=O) groups excluding carboxylic acids is 1. The number of pyridine rings is 1. The second-order valence-corrected chi connectivity index (χ2v) is 5.16. The normalized spacial score (nSPS) is 23.4. The summed E-state index contributed by atoms with van der Waals surface area (Å²) in [6.07, 6.45) is 2.37. The Labute approximate surface area is 117 Å². The summed E-state index contributed by atoms with van der Waals surface area (Å²) in [5.41, 5.74) is 6.02. The van der Waals surface area contributed by atoms with Crippen molar-refractivity contribution in [3.05, 3.63) is 22.8 Å². The van der Waals surface area contributed by atoms with E-state index in [2.05, 4.69) is 4.98 Å². The fourth-order valence-corrected chi connectivity index (χ4v) is 2.33. The third-order valence-corrected chi connectivity index (χ3v) is 3.62. The highest BCUT2D eigenvalue weighted by Crippen LogP contribution is 2.21. The number of halogens is 1. The quantitative estimate of drug-likeness (QED) is 0.901. The minimum absolute atomic E-state index is 0.0453. The van der Waals surface area contributed by atoms with Crippen LogP contribution in [0.2, 0.25) is 5.02 Å². The van der Waals surface area contributed by atoms with Gasteiger partial charge in [-0.15, -0.1) is 0 Å². The lowest BCUT2D eigenvalue weighted by Gasteiger charge is -2.38. The fourth-order valence-electron chi connectivity index (χ4n) is 2.16. The zero-order chi connectivity index (χ0) is 14.0. The zero-order valence-electron chi connectivity index (χ0n) is 11.1. The molecule has 2 rings (SSSR count). The second-order valence-electron chi connectivity index (χ2n) is 4.75. The minimum Gasteiger partial charge on any atom is -0.382 e. The molecule has 1 amide bonds. The molecular weight excluding hydrogens is 266 g/mol. The number of amides is 1. The van der Waals surface area contributed by atoms with Crippen LogP contribution in [0.1, 0.15) is 30.6 Å². The fraction of sp³-hybridized carbons (Fsp3) is 0.538. The van der Waals surface area contributed by atoms with Crippen LogP contribution in [0.25, 0.3) is 0 Å². The Morgan fingerprint density at radius 1 is 1.68 bits per heavy atom. The average molecular weight is 284 g/mol. The Hall–Kier alpha value is -1.33. The van der Waals surface area contributed by atoms with Crippen LogP contribution in [-0.2, 0) is 4.74 Å². The zero-order valence-corrected chi connectivity index (χ0v) is 11.9. The van der Waals surface area contributed by atoms with Crippen LogP contribution in [0.5, 0.6) is 0 Å². The van der Waals surface area contributed by atoms with E-state index in [-0.39, 0.29) is 23.9 Å². The van der Waals surface area contributed by atoms with Crippen LogP contribution in [0.15, 0.2) is 12.3 Å². The van der Waals surface area contributed by atoms with E-state index in [1.165, 1.54) is 6.20 Å². The summed E-state index contributed by atoms with van der Waals surface area (Å²) in [7, 11) is 0. The van der Waals surface area contributed by atoms with Crippen LogP contribution in [0, 0.1) is 0 Å². The van der Waals surface area contributed by atoms with Gasteiger partial charge in [0, 0.05) is 12.7 Å². The van der Waals surface area contributed by atoms with Gasteiger partial charge >= 0.3 is 0 Å². The van der Waals surface area contributed by atoms with E-state index in [4.69, 9.17) is 22.1 Å². The highest BCUT2D eigenvalue weighted by molar-refractivity contribution is 6.33. The molecule has 1 fully saturated rings. The molecule has 1 aromatic rings. The molecule has 0 bridgehead atoms. The Kier molecular flexibility index (Phi) is 4.27. The maximum Gasteiger partial charge on any atom is 0.255 e. The third-order valence-electron chi connectivity index (χ3n) is 3.32. The number of rotatable bonds is 2. The van der Waals surface area contributed by atoms with Gasteiger partial charge in [-0.2, -0.15) is 0 Å². The van der Waals surface area contributed by atoms with Crippen molar-refractivity contribution in [3.8, 4) is 0 Å². The van der Waals surface area contributed by atoms with Gasteiger partial charge in [0.15, 0.2) is 0 Å². The first-order valence-corrected chi connectivity index (χ1v) is 6.74. The first-order valence-electron chi connectivity index (χ1n) is 6.36. The van der Waals surface area contributed by atoms with E-state index in [0.29, 0.717) is 23.7 Å².